The van der Waals surface area contributed by atoms with Crippen LogP contribution in [0, 0.1) is 5.92 Å². The van der Waals surface area contributed by atoms with E-state index in [9.17, 15) is 0 Å². The highest BCUT2D eigenvalue weighted by Crippen LogP contribution is 1.96. The van der Waals surface area contributed by atoms with Crippen molar-refractivity contribution in [2.24, 2.45) is 5.92 Å². The van der Waals surface area contributed by atoms with Gasteiger partial charge in [0.25, 0.3) is 0 Å². The molecular weight excluding hydrogens is 230 g/mol. The molecule has 0 aromatic heterocycles. The second-order valence-electron chi connectivity index (χ2n) is 4.55. The van der Waals surface area contributed by atoms with Crippen molar-refractivity contribution in [2.45, 2.75) is 33.6 Å². The van der Waals surface area contributed by atoms with Gasteiger partial charge in [0, 0.05) is 13.2 Å². The van der Waals surface area contributed by atoms with E-state index in [4.69, 9.17) is 14.2 Å². The van der Waals surface area contributed by atoms with Crippen molar-refractivity contribution in [2.75, 3.05) is 52.7 Å². The summed E-state index contributed by atoms with van der Waals surface area (Å²) in [4.78, 5) is 0. The maximum atomic E-state index is 5.45. The number of rotatable bonds is 14. The molecule has 0 bridgehead atoms. The Morgan fingerprint density at radius 2 is 1.39 bits per heavy atom. The molecule has 1 atom stereocenters. The molecule has 110 valence electrons. The van der Waals surface area contributed by atoms with E-state index in [1.165, 1.54) is 6.42 Å². The molecule has 1 unspecified atom stereocenters. The van der Waals surface area contributed by atoms with Gasteiger partial charge in [-0.15, -0.1) is 0 Å². The highest BCUT2D eigenvalue weighted by atomic mass is 16.5. The van der Waals surface area contributed by atoms with E-state index in [0.717, 1.165) is 38.6 Å². The van der Waals surface area contributed by atoms with E-state index < -0.39 is 0 Å². The van der Waals surface area contributed by atoms with Crippen molar-refractivity contribution in [1.29, 1.82) is 0 Å². The zero-order chi connectivity index (χ0) is 13.5. The first kappa shape index (κ1) is 17.8. The minimum Gasteiger partial charge on any atom is -0.379 e. The summed E-state index contributed by atoms with van der Waals surface area (Å²) in [6.45, 7) is 12.8. The molecule has 0 spiro atoms. The van der Waals surface area contributed by atoms with E-state index in [2.05, 4.69) is 26.1 Å². The van der Waals surface area contributed by atoms with Crippen LogP contribution in [0.3, 0.4) is 0 Å². The molecule has 1 N–H and O–H groups in total. The number of hydrogen-bond acceptors (Lipinski definition) is 4. The molecule has 0 saturated heterocycles. The first-order valence-corrected chi connectivity index (χ1v) is 7.25. The van der Waals surface area contributed by atoms with Crippen molar-refractivity contribution in [1.82, 2.24) is 5.32 Å². The largest absolute Gasteiger partial charge is 0.379 e. The molecule has 0 aliphatic carbocycles. The Bertz CT molecular complexity index is 156. The van der Waals surface area contributed by atoms with Gasteiger partial charge < -0.3 is 19.5 Å². The van der Waals surface area contributed by atoms with E-state index in [-0.39, 0.29) is 0 Å². The molecule has 0 aromatic rings. The summed E-state index contributed by atoms with van der Waals surface area (Å²) in [5.74, 6) is 0.747. The third-order valence-corrected chi connectivity index (χ3v) is 2.71. The van der Waals surface area contributed by atoms with Crippen LogP contribution >= 0.6 is 0 Å². The summed E-state index contributed by atoms with van der Waals surface area (Å²) in [5.41, 5.74) is 0. The van der Waals surface area contributed by atoms with Crippen LogP contribution in [0.15, 0.2) is 0 Å². The number of hydrogen-bond donors (Lipinski definition) is 1. The van der Waals surface area contributed by atoms with Gasteiger partial charge in [-0.25, -0.2) is 0 Å². The fourth-order valence-corrected chi connectivity index (χ4v) is 1.32. The summed E-state index contributed by atoms with van der Waals surface area (Å²) >= 11 is 0. The predicted octanol–water partition coefficient (Wildman–Crippen LogP) is 2.08. The van der Waals surface area contributed by atoms with E-state index in [1.54, 1.807) is 0 Å². The average molecular weight is 261 g/mol. The van der Waals surface area contributed by atoms with Gasteiger partial charge in [-0.1, -0.05) is 27.2 Å². The molecule has 18 heavy (non-hydrogen) atoms. The second-order valence-corrected chi connectivity index (χ2v) is 4.55. The Labute approximate surface area is 112 Å². The molecule has 0 rings (SSSR count). The number of ether oxygens (including phenoxy) is 3. The van der Waals surface area contributed by atoms with E-state index >= 15 is 0 Å². The van der Waals surface area contributed by atoms with Crippen LogP contribution < -0.4 is 5.32 Å². The SMILES string of the molecule is CCCOCCOCCOCCNCC(C)CC. The third-order valence-electron chi connectivity index (χ3n) is 2.71. The quantitative estimate of drug-likeness (QED) is 0.486. The van der Waals surface area contributed by atoms with Crippen LogP contribution in [-0.2, 0) is 14.2 Å². The summed E-state index contributed by atoms with van der Waals surface area (Å²) < 4.78 is 16.1. The van der Waals surface area contributed by atoms with Gasteiger partial charge in [0.15, 0.2) is 0 Å². The van der Waals surface area contributed by atoms with Crippen LogP contribution in [0.5, 0.6) is 0 Å². The third kappa shape index (κ3) is 13.9. The van der Waals surface area contributed by atoms with Crippen molar-refractivity contribution in [3.05, 3.63) is 0 Å². The molecule has 4 nitrogen and oxygen atoms in total. The zero-order valence-electron chi connectivity index (χ0n) is 12.4. The van der Waals surface area contributed by atoms with Crippen molar-refractivity contribution in [3.8, 4) is 0 Å². The smallest absolute Gasteiger partial charge is 0.0701 e. The molecule has 4 heteroatoms. The van der Waals surface area contributed by atoms with Gasteiger partial charge in [-0.2, -0.15) is 0 Å². The van der Waals surface area contributed by atoms with Crippen LogP contribution in [-0.4, -0.2) is 52.7 Å². The topological polar surface area (TPSA) is 39.7 Å². The van der Waals surface area contributed by atoms with Crippen molar-refractivity contribution >= 4 is 0 Å². The van der Waals surface area contributed by atoms with Gasteiger partial charge in [0.05, 0.1) is 33.0 Å². The Hall–Kier alpha value is -0.160. The molecular formula is C14H31NO3. The number of nitrogens with one attached hydrogen (secondary N) is 1. The van der Waals surface area contributed by atoms with Crippen molar-refractivity contribution < 1.29 is 14.2 Å². The normalized spacial score (nSPS) is 12.8. The highest BCUT2D eigenvalue weighted by Gasteiger charge is 1.96. The molecule has 0 aliphatic rings. The maximum Gasteiger partial charge on any atom is 0.0701 e. The van der Waals surface area contributed by atoms with Crippen LogP contribution in [0.2, 0.25) is 0 Å². The summed E-state index contributed by atoms with van der Waals surface area (Å²) in [6.07, 6.45) is 2.29. The Morgan fingerprint density at radius 3 is 1.94 bits per heavy atom. The summed E-state index contributed by atoms with van der Waals surface area (Å²) in [6, 6.07) is 0. The predicted molar refractivity (Wildman–Crippen MR) is 75.1 cm³/mol. The molecule has 0 heterocycles. The van der Waals surface area contributed by atoms with Crippen LogP contribution in [0.1, 0.15) is 33.6 Å². The highest BCUT2D eigenvalue weighted by molar-refractivity contribution is 4.53. The molecule has 0 aromatic carbocycles. The lowest BCUT2D eigenvalue weighted by molar-refractivity contribution is 0.0152. The first-order chi connectivity index (χ1) is 8.81. The fraction of sp³-hybridized carbons (Fsp3) is 1.00. The summed E-state index contributed by atoms with van der Waals surface area (Å²) in [5, 5.41) is 3.38. The van der Waals surface area contributed by atoms with E-state index in [0.29, 0.717) is 26.4 Å². The molecule has 0 amide bonds. The van der Waals surface area contributed by atoms with Crippen LogP contribution in [0.4, 0.5) is 0 Å². The van der Waals surface area contributed by atoms with E-state index in [1.807, 2.05) is 0 Å². The van der Waals surface area contributed by atoms with Gasteiger partial charge in [0.1, 0.15) is 0 Å². The molecule has 0 aliphatic heterocycles. The fourth-order valence-electron chi connectivity index (χ4n) is 1.32. The standard InChI is InChI=1S/C14H31NO3/c1-4-7-16-9-11-18-12-10-17-8-6-15-13-14(3)5-2/h14-15H,4-13H2,1-3H3. The lowest BCUT2D eigenvalue weighted by Crippen LogP contribution is -2.25. The molecule has 0 radical (unpaired) electrons. The monoisotopic (exact) mass is 261 g/mol. The van der Waals surface area contributed by atoms with Crippen molar-refractivity contribution in [3.63, 3.8) is 0 Å². The van der Waals surface area contributed by atoms with Crippen LogP contribution in [0.25, 0.3) is 0 Å². The lowest BCUT2D eigenvalue weighted by Gasteiger charge is -2.10. The first-order valence-electron chi connectivity index (χ1n) is 7.25. The molecule has 0 fully saturated rings. The molecule has 0 saturated carbocycles. The maximum absolute atomic E-state index is 5.45. The second kappa shape index (κ2) is 14.9. The Kier molecular flexibility index (Phi) is 14.8. The van der Waals surface area contributed by atoms with Gasteiger partial charge in [-0.3, -0.25) is 0 Å². The van der Waals surface area contributed by atoms with Gasteiger partial charge >= 0.3 is 0 Å². The Balaban J connectivity index is 2.94. The minimum absolute atomic E-state index is 0.654. The van der Waals surface area contributed by atoms with Gasteiger partial charge in [-0.05, 0) is 18.9 Å². The Morgan fingerprint density at radius 1 is 0.833 bits per heavy atom. The zero-order valence-corrected chi connectivity index (χ0v) is 12.4. The van der Waals surface area contributed by atoms with Gasteiger partial charge in [0.2, 0.25) is 0 Å². The summed E-state index contributed by atoms with van der Waals surface area (Å²) in [7, 11) is 0. The average Bonchev–Trinajstić information content (AvgIpc) is 2.39. The minimum atomic E-state index is 0.654. The lowest BCUT2D eigenvalue weighted by atomic mass is 10.1.